The van der Waals surface area contributed by atoms with E-state index in [1.807, 2.05) is 36.4 Å². The second-order valence-electron chi connectivity index (χ2n) is 8.72. The quantitative estimate of drug-likeness (QED) is 0.744. The summed E-state index contributed by atoms with van der Waals surface area (Å²) in [7, 11) is 0. The van der Waals surface area contributed by atoms with E-state index in [4.69, 9.17) is 4.74 Å². The molecule has 0 bridgehead atoms. The molecular weight excluding hydrogens is 408 g/mol. The van der Waals surface area contributed by atoms with Crippen molar-refractivity contribution in [2.75, 3.05) is 13.2 Å². The summed E-state index contributed by atoms with van der Waals surface area (Å²) in [5.41, 5.74) is 3.23. The number of hydrogen-bond acceptors (Lipinski definition) is 4. The van der Waals surface area contributed by atoms with Crippen molar-refractivity contribution in [3.63, 3.8) is 0 Å². The molecule has 0 aromatic heterocycles. The van der Waals surface area contributed by atoms with Gasteiger partial charge in [-0.3, -0.25) is 4.79 Å². The molecule has 168 valence electrons. The molecule has 7 heteroatoms. The lowest BCUT2D eigenvalue weighted by Gasteiger charge is -2.42. The maximum Gasteiger partial charge on any atom is 0.407 e. The number of alkyl carbamates (subject to hydrolysis) is 1. The first-order valence-electron chi connectivity index (χ1n) is 11.0. The smallest absolute Gasteiger partial charge is 0.407 e. The lowest BCUT2D eigenvalue weighted by atomic mass is 9.88. The molecule has 2 unspecified atom stereocenters. The molecule has 32 heavy (non-hydrogen) atoms. The zero-order chi connectivity index (χ0) is 22.9. The van der Waals surface area contributed by atoms with Crippen molar-refractivity contribution in [3.8, 4) is 11.1 Å². The van der Waals surface area contributed by atoms with Crippen LogP contribution < -0.4 is 5.32 Å². The van der Waals surface area contributed by atoms with Crippen LogP contribution in [0.25, 0.3) is 11.1 Å². The Hall–Kier alpha value is -3.35. The molecule has 1 heterocycles. The molecule has 1 saturated heterocycles. The van der Waals surface area contributed by atoms with Crippen molar-refractivity contribution in [3.05, 3.63) is 59.7 Å². The highest BCUT2D eigenvalue weighted by Crippen LogP contribution is 2.44. The summed E-state index contributed by atoms with van der Waals surface area (Å²) >= 11 is 0. The van der Waals surface area contributed by atoms with Crippen LogP contribution in [0.15, 0.2) is 48.5 Å². The average molecular weight is 437 g/mol. The Morgan fingerprint density at radius 1 is 1.09 bits per heavy atom. The maximum absolute atomic E-state index is 12.9. The Morgan fingerprint density at radius 3 is 2.28 bits per heavy atom. The van der Waals surface area contributed by atoms with Crippen LogP contribution in [0.3, 0.4) is 0 Å². The van der Waals surface area contributed by atoms with Crippen LogP contribution in [-0.4, -0.2) is 52.7 Å². The third-order valence-corrected chi connectivity index (χ3v) is 6.67. The monoisotopic (exact) mass is 436 g/mol. The van der Waals surface area contributed by atoms with Crippen LogP contribution in [0.2, 0.25) is 0 Å². The Labute approximate surface area is 187 Å². The number of fused-ring (bicyclic) bond motifs is 3. The first-order chi connectivity index (χ1) is 15.3. The van der Waals surface area contributed by atoms with Crippen LogP contribution in [0, 0.1) is 0 Å². The number of carbonyl (C=O) groups is 3. The number of aliphatic carboxylic acids is 1. The number of hydrogen-bond donors (Lipinski definition) is 2. The van der Waals surface area contributed by atoms with Crippen LogP contribution in [0.4, 0.5) is 4.79 Å². The van der Waals surface area contributed by atoms with Crippen LogP contribution in [0.5, 0.6) is 0 Å². The van der Waals surface area contributed by atoms with E-state index in [9.17, 15) is 19.5 Å². The molecular formula is C25H28N2O5. The lowest BCUT2D eigenvalue weighted by molar-refractivity contribution is -0.161. The number of nitrogens with one attached hydrogen (secondary N) is 1. The third kappa shape index (κ3) is 3.83. The predicted molar refractivity (Wildman–Crippen MR) is 119 cm³/mol. The zero-order valence-corrected chi connectivity index (χ0v) is 18.3. The summed E-state index contributed by atoms with van der Waals surface area (Å²) in [5, 5.41) is 12.2. The number of nitrogens with zero attached hydrogens (tertiary/aromatic N) is 1. The van der Waals surface area contributed by atoms with Gasteiger partial charge in [-0.05, 0) is 55.4 Å². The normalized spacial score (nSPS) is 20.8. The number of benzene rings is 2. The first-order valence-corrected chi connectivity index (χ1v) is 11.0. The van der Waals surface area contributed by atoms with Gasteiger partial charge in [0.05, 0.1) is 0 Å². The SMILES string of the molecule is CC(NC(=O)OCC1c2ccccc2-c2ccccc21)C(=O)N1CCCCC1(C)C(=O)O. The Morgan fingerprint density at radius 2 is 1.69 bits per heavy atom. The van der Waals surface area contributed by atoms with Gasteiger partial charge in [0.25, 0.3) is 0 Å². The molecule has 2 aromatic rings. The molecule has 1 aliphatic carbocycles. The number of carboxylic acid groups (broad SMARTS) is 1. The van der Waals surface area contributed by atoms with Crippen molar-refractivity contribution < 1.29 is 24.2 Å². The van der Waals surface area contributed by atoms with E-state index in [2.05, 4.69) is 17.4 Å². The van der Waals surface area contributed by atoms with Crippen LogP contribution >= 0.6 is 0 Å². The molecule has 1 fully saturated rings. The maximum atomic E-state index is 12.9. The molecule has 2 amide bonds. The average Bonchev–Trinajstić information content (AvgIpc) is 3.11. The number of piperidine rings is 1. The summed E-state index contributed by atoms with van der Waals surface area (Å²) < 4.78 is 5.51. The van der Waals surface area contributed by atoms with Gasteiger partial charge in [-0.25, -0.2) is 9.59 Å². The van der Waals surface area contributed by atoms with Crippen LogP contribution in [-0.2, 0) is 14.3 Å². The van der Waals surface area contributed by atoms with E-state index >= 15 is 0 Å². The highest BCUT2D eigenvalue weighted by molar-refractivity contribution is 5.91. The van der Waals surface area contributed by atoms with Gasteiger partial charge in [0, 0.05) is 12.5 Å². The van der Waals surface area contributed by atoms with Gasteiger partial charge >= 0.3 is 12.1 Å². The molecule has 0 spiro atoms. The number of likely N-dealkylation sites (tertiary alicyclic amines) is 1. The van der Waals surface area contributed by atoms with Crippen molar-refractivity contribution in [2.45, 2.75) is 50.6 Å². The van der Waals surface area contributed by atoms with Gasteiger partial charge in [-0.1, -0.05) is 48.5 Å². The predicted octanol–water partition coefficient (Wildman–Crippen LogP) is 3.77. The third-order valence-electron chi connectivity index (χ3n) is 6.67. The minimum Gasteiger partial charge on any atom is -0.480 e. The summed E-state index contributed by atoms with van der Waals surface area (Å²) in [6.07, 6.45) is 1.19. The first kappa shape index (κ1) is 21.9. The largest absolute Gasteiger partial charge is 0.480 e. The number of carboxylic acids is 1. The minimum absolute atomic E-state index is 0.0726. The molecule has 1 aliphatic heterocycles. The van der Waals surface area contributed by atoms with Gasteiger partial charge in [-0.2, -0.15) is 0 Å². The van der Waals surface area contributed by atoms with E-state index in [-0.39, 0.29) is 12.5 Å². The fourth-order valence-electron chi connectivity index (χ4n) is 4.81. The number of carbonyl (C=O) groups excluding carboxylic acids is 2. The minimum atomic E-state index is -1.26. The number of rotatable bonds is 5. The van der Waals surface area contributed by atoms with E-state index < -0.39 is 29.6 Å². The van der Waals surface area contributed by atoms with Gasteiger partial charge in [0.1, 0.15) is 18.2 Å². The summed E-state index contributed by atoms with van der Waals surface area (Å²) in [4.78, 5) is 38.6. The van der Waals surface area contributed by atoms with Crippen molar-refractivity contribution >= 4 is 18.0 Å². The molecule has 2 atom stereocenters. The molecule has 2 aromatic carbocycles. The van der Waals surface area contributed by atoms with Gasteiger partial charge in [-0.15, -0.1) is 0 Å². The highest BCUT2D eigenvalue weighted by Gasteiger charge is 2.45. The van der Waals surface area contributed by atoms with Crippen molar-refractivity contribution in [1.29, 1.82) is 0 Å². The van der Waals surface area contributed by atoms with E-state index in [0.717, 1.165) is 35.1 Å². The molecule has 2 N–H and O–H groups in total. The zero-order valence-electron chi connectivity index (χ0n) is 18.3. The summed E-state index contributed by atoms with van der Waals surface area (Å²) in [5.74, 6) is -1.52. The fourth-order valence-corrected chi connectivity index (χ4v) is 4.81. The van der Waals surface area contributed by atoms with Gasteiger partial charge in [0.15, 0.2) is 0 Å². The van der Waals surface area contributed by atoms with Crippen LogP contribution in [0.1, 0.15) is 50.2 Å². The van der Waals surface area contributed by atoms with E-state index in [1.165, 1.54) is 4.90 Å². The lowest BCUT2D eigenvalue weighted by Crippen LogP contribution is -2.61. The second kappa shape index (κ2) is 8.65. The van der Waals surface area contributed by atoms with E-state index in [0.29, 0.717) is 13.0 Å². The molecule has 0 saturated carbocycles. The molecule has 7 nitrogen and oxygen atoms in total. The second-order valence-corrected chi connectivity index (χ2v) is 8.72. The standard InChI is InChI=1S/C25H28N2O5/c1-16(22(28)27-14-8-7-13-25(27,2)23(29)30)26-24(31)32-15-21-19-11-5-3-9-17(19)18-10-4-6-12-20(18)21/h3-6,9-12,16,21H,7-8,13-15H2,1-2H3,(H,26,31)(H,29,30). The fraction of sp³-hybridized carbons (Fsp3) is 0.400. The van der Waals surface area contributed by atoms with Gasteiger partial charge in [0.2, 0.25) is 5.91 Å². The van der Waals surface area contributed by atoms with Crippen molar-refractivity contribution in [1.82, 2.24) is 10.2 Å². The Kier molecular flexibility index (Phi) is 5.91. The molecule has 0 radical (unpaired) electrons. The van der Waals surface area contributed by atoms with E-state index in [1.54, 1.807) is 13.8 Å². The molecule has 4 rings (SSSR count). The molecule has 2 aliphatic rings. The van der Waals surface area contributed by atoms with Crippen molar-refractivity contribution in [2.24, 2.45) is 0 Å². The highest BCUT2D eigenvalue weighted by atomic mass is 16.5. The Balaban J connectivity index is 1.40. The Bertz CT molecular complexity index is 1010. The summed E-state index contributed by atoms with van der Waals surface area (Å²) in [6.45, 7) is 3.63. The van der Waals surface area contributed by atoms with Gasteiger partial charge < -0.3 is 20.1 Å². The number of amides is 2. The summed E-state index contributed by atoms with van der Waals surface area (Å²) in [6, 6.07) is 15.2. The topological polar surface area (TPSA) is 95.9 Å². The number of ether oxygens (including phenoxy) is 1.